The Morgan fingerprint density at radius 2 is 1.81 bits per heavy atom. The van der Waals surface area contributed by atoms with Crippen LogP contribution in [-0.2, 0) is 14.3 Å². The van der Waals surface area contributed by atoms with Gasteiger partial charge in [-0.3, -0.25) is 14.5 Å². The Morgan fingerprint density at radius 3 is 2.42 bits per heavy atom. The van der Waals surface area contributed by atoms with Gasteiger partial charge in [-0.1, -0.05) is 18.2 Å². The lowest BCUT2D eigenvalue weighted by Gasteiger charge is -2.39. The van der Waals surface area contributed by atoms with Crippen LogP contribution < -0.4 is 10.6 Å². The Kier molecular flexibility index (Phi) is 6.90. The number of esters is 1. The Morgan fingerprint density at radius 1 is 1.10 bits per heavy atom. The van der Waals surface area contributed by atoms with E-state index in [9.17, 15) is 9.59 Å². The molecule has 31 heavy (non-hydrogen) atoms. The lowest BCUT2D eigenvalue weighted by Crippen LogP contribution is -2.51. The average Bonchev–Trinajstić information content (AvgIpc) is 3.35. The standard InChI is InChI=1S/C24H34N4O3/c25-23(30)24(31-22(29)20-5-1-2-6-20)11-8-19(9-12-24)10-14-27-15-17-28(18-16-27)21-7-3-4-13-26-21/h1-4,7,13,19-20H,5-6,8-12,14-18H2,(H2,25,30). The molecule has 168 valence electrons. The van der Waals surface area contributed by atoms with Gasteiger partial charge in [0.2, 0.25) is 0 Å². The highest BCUT2D eigenvalue weighted by Crippen LogP contribution is 2.37. The van der Waals surface area contributed by atoms with Gasteiger partial charge in [-0.05, 0) is 69.5 Å². The Hall–Kier alpha value is -2.41. The van der Waals surface area contributed by atoms with Crippen molar-refractivity contribution in [2.45, 2.75) is 50.5 Å². The maximum absolute atomic E-state index is 12.5. The highest BCUT2D eigenvalue weighted by atomic mass is 16.6. The lowest BCUT2D eigenvalue weighted by atomic mass is 9.77. The molecule has 1 saturated carbocycles. The van der Waals surface area contributed by atoms with Crippen LogP contribution in [0, 0.1) is 11.8 Å². The number of anilines is 1. The summed E-state index contributed by atoms with van der Waals surface area (Å²) in [5, 5.41) is 0. The molecular formula is C24H34N4O3. The van der Waals surface area contributed by atoms with Gasteiger partial charge in [-0.15, -0.1) is 0 Å². The number of aromatic nitrogens is 1. The van der Waals surface area contributed by atoms with Gasteiger partial charge in [-0.25, -0.2) is 4.98 Å². The Bertz CT molecular complexity index is 773. The molecule has 1 aromatic rings. The smallest absolute Gasteiger partial charge is 0.310 e. The molecular weight excluding hydrogens is 392 g/mol. The molecule has 2 N–H and O–H groups in total. The van der Waals surface area contributed by atoms with Crippen molar-refractivity contribution in [1.29, 1.82) is 0 Å². The molecule has 7 heteroatoms. The highest BCUT2D eigenvalue weighted by molar-refractivity contribution is 5.87. The van der Waals surface area contributed by atoms with E-state index in [1.807, 2.05) is 30.5 Å². The van der Waals surface area contributed by atoms with Gasteiger partial charge in [0.15, 0.2) is 5.60 Å². The summed E-state index contributed by atoms with van der Waals surface area (Å²) in [4.78, 5) is 34.0. The molecule has 1 aromatic heterocycles. The minimum atomic E-state index is -1.11. The first kappa shape index (κ1) is 21.8. The van der Waals surface area contributed by atoms with E-state index >= 15 is 0 Å². The summed E-state index contributed by atoms with van der Waals surface area (Å²) in [6, 6.07) is 6.05. The molecule has 0 radical (unpaired) electrons. The minimum absolute atomic E-state index is 0.154. The van der Waals surface area contributed by atoms with E-state index in [2.05, 4.69) is 20.9 Å². The Balaban J connectivity index is 1.20. The van der Waals surface area contributed by atoms with Crippen LogP contribution in [0.3, 0.4) is 0 Å². The van der Waals surface area contributed by atoms with Gasteiger partial charge in [-0.2, -0.15) is 0 Å². The number of amides is 1. The number of nitrogens with zero attached hydrogens (tertiary/aromatic N) is 3. The summed E-state index contributed by atoms with van der Waals surface area (Å²) >= 11 is 0. The molecule has 1 amide bonds. The third-order valence-electron chi connectivity index (χ3n) is 7.20. The van der Waals surface area contributed by atoms with Gasteiger partial charge in [0.1, 0.15) is 5.82 Å². The normalized spacial score (nSPS) is 27.4. The van der Waals surface area contributed by atoms with Crippen LogP contribution in [0.15, 0.2) is 36.5 Å². The summed E-state index contributed by atoms with van der Waals surface area (Å²) in [6.07, 6.45) is 11.2. The van der Waals surface area contributed by atoms with E-state index in [1.165, 1.54) is 0 Å². The second kappa shape index (κ2) is 9.81. The van der Waals surface area contributed by atoms with Gasteiger partial charge in [0, 0.05) is 32.4 Å². The molecule has 0 aromatic carbocycles. The second-order valence-corrected chi connectivity index (χ2v) is 9.17. The third-order valence-corrected chi connectivity index (χ3v) is 7.20. The number of primary amides is 1. The molecule has 3 aliphatic rings. The van der Waals surface area contributed by atoms with Crippen LogP contribution in [0.25, 0.3) is 0 Å². The van der Waals surface area contributed by atoms with E-state index in [0.29, 0.717) is 31.6 Å². The largest absolute Gasteiger partial charge is 0.449 e. The maximum Gasteiger partial charge on any atom is 0.310 e. The topological polar surface area (TPSA) is 88.8 Å². The minimum Gasteiger partial charge on any atom is -0.449 e. The zero-order chi connectivity index (χ0) is 21.7. The fourth-order valence-corrected chi connectivity index (χ4v) is 5.02. The van der Waals surface area contributed by atoms with Crippen molar-refractivity contribution in [3.63, 3.8) is 0 Å². The van der Waals surface area contributed by atoms with Crippen molar-refractivity contribution >= 4 is 17.7 Å². The quantitative estimate of drug-likeness (QED) is 0.532. The van der Waals surface area contributed by atoms with Crippen LogP contribution in [0.1, 0.15) is 44.9 Å². The number of nitrogens with two attached hydrogens (primary N) is 1. The number of hydrogen-bond acceptors (Lipinski definition) is 6. The predicted octanol–water partition coefficient (Wildman–Crippen LogP) is 2.52. The molecule has 2 fully saturated rings. The van der Waals surface area contributed by atoms with Crippen LogP contribution in [0.5, 0.6) is 0 Å². The molecule has 0 spiro atoms. The number of hydrogen-bond donors (Lipinski definition) is 1. The number of carbonyl (C=O) groups is 2. The highest BCUT2D eigenvalue weighted by Gasteiger charge is 2.45. The van der Waals surface area contributed by atoms with Crippen LogP contribution in [0.4, 0.5) is 5.82 Å². The molecule has 1 aliphatic heterocycles. The maximum atomic E-state index is 12.5. The van der Waals surface area contributed by atoms with Crippen molar-refractivity contribution in [3.8, 4) is 0 Å². The number of pyridine rings is 1. The SMILES string of the molecule is NC(=O)C1(OC(=O)C2CC=CC2)CCC(CCN2CCN(c3ccccn3)CC2)CC1. The molecule has 2 heterocycles. The molecule has 0 unspecified atom stereocenters. The van der Waals surface area contributed by atoms with Crippen LogP contribution in [-0.4, -0.2) is 60.1 Å². The molecule has 1 saturated heterocycles. The monoisotopic (exact) mass is 426 g/mol. The first-order valence-corrected chi connectivity index (χ1v) is 11.6. The van der Waals surface area contributed by atoms with Crippen LogP contribution in [0.2, 0.25) is 0 Å². The number of allylic oxidation sites excluding steroid dienone is 2. The summed E-state index contributed by atoms with van der Waals surface area (Å²) in [5.74, 6) is 0.691. The van der Waals surface area contributed by atoms with E-state index in [-0.39, 0.29) is 11.9 Å². The number of ether oxygens (including phenoxy) is 1. The average molecular weight is 427 g/mol. The fourth-order valence-electron chi connectivity index (χ4n) is 5.02. The van der Waals surface area contributed by atoms with Crippen molar-refractivity contribution in [2.75, 3.05) is 37.6 Å². The zero-order valence-electron chi connectivity index (χ0n) is 18.2. The molecule has 0 bridgehead atoms. The number of carbonyl (C=O) groups excluding carboxylic acids is 2. The van der Waals surface area contributed by atoms with E-state index in [4.69, 9.17) is 10.5 Å². The summed E-state index contributed by atoms with van der Waals surface area (Å²) < 4.78 is 5.75. The predicted molar refractivity (Wildman–Crippen MR) is 119 cm³/mol. The summed E-state index contributed by atoms with van der Waals surface area (Å²) in [7, 11) is 0. The summed E-state index contributed by atoms with van der Waals surface area (Å²) in [6.45, 7) is 5.15. The fraction of sp³-hybridized carbons (Fsp3) is 0.625. The van der Waals surface area contributed by atoms with E-state index in [0.717, 1.165) is 57.8 Å². The zero-order valence-corrected chi connectivity index (χ0v) is 18.2. The number of rotatable bonds is 7. The van der Waals surface area contributed by atoms with Crippen molar-refractivity contribution in [3.05, 3.63) is 36.5 Å². The lowest BCUT2D eigenvalue weighted by molar-refractivity contribution is -0.175. The molecule has 0 atom stereocenters. The first-order valence-electron chi connectivity index (χ1n) is 11.6. The Labute approximate surface area is 184 Å². The van der Waals surface area contributed by atoms with E-state index < -0.39 is 11.5 Å². The summed E-state index contributed by atoms with van der Waals surface area (Å²) in [5.41, 5.74) is 4.59. The van der Waals surface area contributed by atoms with Gasteiger partial charge >= 0.3 is 5.97 Å². The molecule has 2 aliphatic carbocycles. The van der Waals surface area contributed by atoms with Crippen molar-refractivity contribution in [2.24, 2.45) is 17.6 Å². The van der Waals surface area contributed by atoms with Crippen molar-refractivity contribution in [1.82, 2.24) is 9.88 Å². The third kappa shape index (κ3) is 5.26. The van der Waals surface area contributed by atoms with Gasteiger partial charge in [0.25, 0.3) is 5.91 Å². The van der Waals surface area contributed by atoms with E-state index in [1.54, 1.807) is 0 Å². The molecule has 7 nitrogen and oxygen atoms in total. The first-order chi connectivity index (χ1) is 15.1. The van der Waals surface area contributed by atoms with Crippen molar-refractivity contribution < 1.29 is 14.3 Å². The van der Waals surface area contributed by atoms with Gasteiger partial charge < -0.3 is 15.4 Å². The van der Waals surface area contributed by atoms with Gasteiger partial charge in [0.05, 0.1) is 5.92 Å². The van der Waals surface area contributed by atoms with Crippen LogP contribution >= 0.6 is 0 Å². The molecule has 4 rings (SSSR count). The second-order valence-electron chi connectivity index (χ2n) is 9.17. The number of piperazine rings is 1.